The monoisotopic (exact) mass is 610 g/mol. The van der Waals surface area contributed by atoms with Crippen LogP contribution in [0.5, 0.6) is 0 Å². The molecule has 0 aliphatic rings. The highest BCUT2D eigenvalue weighted by Gasteiger charge is 2.21. The number of amides is 1. The van der Waals surface area contributed by atoms with Crippen LogP contribution in [0.25, 0.3) is 0 Å². The third-order valence-electron chi connectivity index (χ3n) is 8.54. The number of carbonyl (C=O) groups excluding carboxylic acids is 2. The molecule has 0 spiro atoms. The minimum atomic E-state index is -1.10. The minimum absolute atomic E-state index is 0.00826. The Balaban J connectivity index is 3.57. The van der Waals surface area contributed by atoms with Crippen LogP contribution in [0.3, 0.4) is 0 Å². The maximum absolute atomic E-state index is 12.2. The van der Waals surface area contributed by atoms with Crippen LogP contribution in [0.4, 0.5) is 0 Å². The van der Waals surface area contributed by atoms with Crippen LogP contribution >= 0.6 is 0 Å². The molecule has 6 nitrogen and oxygen atoms in total. The van der Waals surface area contributed by atoms with E-state index in [0.717, 1.165) is 32.1 Å². The lowest BCUT2D eigenvalue weighted by molar-refractivity contribution is -0.145. The second kappa shape index (κ2) is 33.3. The zero-order chi connectivity index (χ0) is 31.6. The number of carbonyl (C=O) groups is 3. The first kappa shape index (κ1) is 41.4. The summed E-state index contributed by atoms with van der Waals surface area (Å²) in [6.07, 6.45) is 34.6. The quantitative estimate of drug-likeness (QED) is 0.0559. The molecule has 0 rings (SSSR count). The first-order valence-electron chi connectivity index (χ1n) is 18.7. The van der Waals surface area contributed by atoms with Gasteiger partial charge in [-0.15, -0.1) is 0 Å². The standard InChI is InChI=1S/C37H71NO5/c1-3-5-7-9-11-13-14-15-16-17-18-19-20-21-23-25-27-29-33-43-36(40)32-31-34(37(41)42)38-35(39)30-28-26-24-22-12-10-8-6-4-2/h34H,3-33H2,1-2H3,(H,38,39)(H,41,42)/t34-/m0/s1. The number of unbranched alkanes of at least 4 members (excludes halogenated alkanes) is 25. The van der Waals surface area contributed by atoms with E-state index in [1.54, 1.807) is 0 Å². The Hall–Kier alpha value is -1.59. The Kier molecular flexibility index (Phi) is 32.1. The van der Waals surface area contributed by atoms with Crippen molar-refractivity contribution in [2.45, 2.75) is 213 Å². The van der Waals surface area contributed by atoms with Crippen molar-refractivity contribution in [1.82, 2.24) is 5.32 Å². The summed E-state index contributed by atoms with van der Waals surface area (Å²) in [5.41, 5.74) is 0. The normalized spacial score (nSPS) is 11.9. The highest BCUT2D eigenvalue weighted by molar-refractivity contribution is 5.84. The van der Waals surface area contributed by atoms with Crippen molar-refractivity contribution >= 4 is 17.8 Å². The zero-order valence-electron chi connectivity index (χ0n) is 28.6. The molecule has 43 heavy (non-hydrogen) atoms. The smallest absolute Gasteiger partial charge is 0.326 e. The summed E-state index contributed by atoms with van der Waals surface area (Å²) in [4.78, 5) is 35.8. The number of carboxylic acids is 1. The van der Waals surface area contributed by atoms with Gasteiger partial charge in [-0.3, -0.25) is 9.59 Å². The van der Waals surface area contributed by atoms with Crippen LogP contribution in [0.1, 0.15) is 206 Å². The van der Waals surface area contributed by atoms with Gasteiger partial charge in [0.25, 0.3) is 0 Å². The van der Waals surface area contributed by atoms with E-state index in [1.165, 1.54) is 141 Å². The molecule has 1 atom stereocenters. The van der Waals surface area contributed by atoms with Crippen LogP contribution in [0.15, 0.2) is 0 Å². The molecule has 0 aromatic rings. The van der Waals surface area contributed by atoms with Gasteiger partial charge < -0.3 is 15.2 Å². The molecule has 0 aliphatic heterocycles. The zero-order valence-corrected chi connectivity index (χ0v) is 28.6. The summed E-state index contributed by atoms with van der Waals surface area (Å²) >= 11 is 0. The number of hydrogen-bond acceptors (Lipinski definition) is 4. The summed E-state index contributed by atoms with van der Waals surface area (Å²) in [7, 11) is 0. The van der Waals surface area contributed by atoms with Gasteiger partial charge in [-0.2, -0.15) is 0 Å². The molecule has 0 aromatic heterocycles. The van der Waals surface area contributed by atoms with Crippen molar-refractivity contribution < 1.29 is 24.2 Å². The lowest BCUT2D eigenvalue weighted by atomic mass is 10.0. The van der Waals surface area contributed by atoms with Gasteiger partial charge >= 0.3 is 11.9 Å². The van der Waals surface area contributed by atoms with Crippen LogP contribution < -0.4 is 5.32 Å². The third kappa shape index (κ3) is 31.6. The molecule has 1 amide bonds. The van der Waals surface area contributed by atoms with Crippen molar-refractivity contribution in [2.24, 2.45) is 0 Å². The van der Waals surface area contributed by atoms with E-state index in [-0.39, 0.29) is 24.7 Å². The van der Waals surface area contributed by atoms with E-state index in [0.29, 0.717) is 13.0 Å². The van der Waals surface area contributed by atoms with E-state index in [4.69, 9.17) is 4.74 Å². The van der Waals surface area contributed by atoms with Gasteiger partial charge in [-0.25, -0.2) is 4.79 Å². The Morgan fingerprint density at radius 2 is 0.860 bits per heavy atom. The molecule has 254 valence electrons. The van der Waals surface area contributed by atoms with Crippen molar-refractivity contribution in [3.63, 3.8) is 0 Å². The van der Waals surface area contributed by atoms with Gasteiger partial charge in [0.05, 0.1) is 6.61 Å². The average molecular weight is 610 g/mol. The van der Waals surface area contributed by atoms with Gasteiger partial charge in [-0.1, -0.05) is 174 Å². The third-order valence-corrected chi connectivity index (χ3v) is 8.54. The second-order valence-corrected chi connectivity index (χ2v) is 12.8. The molecular formula is C37H71NO5. The minimum Gasteiger partial charge on any atom is -0.480 e. The highest BCUT2D eigenvalue weighted by Crippen LogP contribution is 2.15. The van der Waals surface area contributed by atoms with Crippen molar-refractivity contribution in [3.8, 4) is 0 Å². The predicted octanol–water partition coefficient (Wildman–Crippen LogP) is 10.8. The van der Waals surface area contributed by atoms with Crippen LogP contribution in [0.2, 0.25) is 0 Å². The van der Waals surface area contributed by atoms with E-state index in [9.17, 15) is 19.5 Å². The lowest BCUT2D eigenvalue weighted by Gasteiger charge is -2.14. The molecule has 0 unspecified atom stereocenters. The summed E-state index contributed by atoms with van der Waals surface area (Å²) in [5, 5.41) is 12.0. The lowest BCUT2D eigenvalue weighted by Crippen LogP contribution is -2.41. The van der Waals surface area contributed by atoms with Gasteiger partial charge in [-0.05, 0) is 19.3 Å². The predicted molar refractivity (Wildman–Crippen MR) is 180 cm³/mol. The SMILES string of the molecule is CCCCCCCCCCCCCCCCCCCCOC(=O)CC[C@H](NC(=O)CCCCCCCCCCC)C(=O)O. The van der Waals surface area contributed by atoms with Gasteiger partial charge in [0.15, 0.2) is 0 Å². The Morgan fingerprint density at radius 3 is 1.23 bits per heavy atom. The van der Waals surface area contributed by atoms with E-state index in [2.05, 4.69) is 19.2 Å². The van der Waals surface area contributed by atoms with Crippen molar-refractivity contribution in [2.75, 3.05) is 6.61 Å². The molecule has 0 saturated carbocycles. The maximum atomic E-state index is 12.2. The Morgan fingerprint density at radius 1 is 0.512 bits per heavy atom. The molecular weight excluding hydrogens is 538 g/mol. The van der Waals surface area contributed by atoms with Gasteiger partial charge in [0.1, 0.15) is 6.04 Å². The highest BCUT2D eigenvalue weighted by atomic mass is 16.5. The number of rotatable bonds is 34. The number of carboxylic acid groups (broad SMARTS) is 1. The maximum Gasteiger partial charge on any atom is 0.326 e. The molecule has 0 aliphatic carbocycles. The fraction of sp³-hybridized carbons (Fsp3) is 0.919. The molecule has 0 heterocycles. The average Bonchev–Trinajstić information content (AvgIpc) is 2.99. The largest absolute Gasteiger partial charge is 0.480 e. The molecule has 0 radical (unpaired) electrons. The topological polar surface area (TPSA) is 92.7 Å². The first-order valence-corrected chi connectivity index (χ1v) is 18.7. The summed E-state index contributed by atoms with van der Waals surface area (Å²) in [6, 6.07) is -1.04. The van der Waals surface area contributed by atoms with Gasteiger partial charge in [0, 0.05) is 12.8 Å². The molecule has 0 saturated heterocycles. The second-order valence-electron chi connectivity index (χ2n) is 12.8. The molecule has 2 N–H and O–H groups in total. The van der Waals surface area contributed by atoms with E-state index in [1.807, 2.05) is 0 Å². The fourth-order valence-electron chi connectivity index (χ4n) is 5.64. The molecule has 0 aromatic carbocycles. The number of hydrogen-bond donors (Lipinski definition) is 2. The number of esters is 1. The fourth-order valence-corrected chi connectivity index (χ4v) is 5.64. The van der Waals surface area contributed by atoms with Crippen molar-refractivity contribution in [1.29, 1.82) is 0 Å². The number of nitrogens with one attached hydrogen (secondary N) is 1. The Labute approximate surface area is 266 Å². The molecule has 0 fully saturated rings. The number of aliphatic carboxylic acids is 1. The summed E-state index contributed by atoms with van der Waals surface area (Å²) < 4.78 is 5.29. The van der Waals surface area contributed by atoms with Crippen molar-refractivity contribution in [3.05, 3.63) is 0 Å². The van der Waals surface area contributed by atoms with Crippen LogP contribution in [0, 0.1) is 0 Å². The number of ether oxygens (including phenoxy) is 1. The summed E-state index contributed by atoms with van der Waals surface area (Å²) in [5.74, 6) is -1.73. The first-order chi connectivity index (χ1) is 21.0. The van der Waals surface area contributed by atoms with Crippen LogP contribution in [-0.2, 0) is 19.1 Å². The molecule has 0 bridgehead atoms. The summed E-state index contributed by atoms with van der Waals surface area (Å²) in [6.45, 7) is 4.88. The van der Waals surface area contributed by atoms with Crippen LogP contribution in [-0.4, -0.2) is 35.6 Å². The Bertz CT molecular complexity index is 638. The van der Waals surface area contributed by atoms with Gasteiger partial charge in [0.2, 0.25) is 5.91 Å². The molecule has 6 heteroatoms. The van der Waals surface area contributed by atoms with E-state index < -0.39 is 12.0 Å². The van der Waals surface area contributed by atoms with E-state index >= 15 is 0 Å².